The van der Waals surface area contributed by atoms with Gasteiger partial charge in [0.05, 0.1) is 0 Å². The highest BCUT2D eigenvalue weighted by Crippen LogP contribution is 2.15. The van der Waals surface area contributed by atoms with E-state index in [0.717, 1.165) is 24.3 Å². The van der Waals surface area contributed by atoms with Gasteiger partial charge in [0.1, 0.15) is 6.04 Å². The molecule has 0 saturated carbocycles. The summed E-state index contributed by atoms with van der Waals surface area (Å²) in [6.07, 6.45) is 2.07. The molecule has 0 heterocycles. The highest BCUT2D eigenvalue weighted by Gasteiger charge is 2.25. The fraction of sp³-hybridized carbons (Fsp3) is 0.417. The molecule has 5 heteroatoms. The van der Waals surface area contributed by atoms with E-state index in [1.807, 2.05) is 50.2 Å². The fourth-order valence-electron chi connectivity index (χ4n) is 3.03. The first-order valence-electron chi connectivity index (χ1n) is 10.3. The van der Waals surface area contributed by atoms with Crippen LogP contribution in [0.3, 0.4) is 0 Å². The van der Waals surface area contributed by atoms with Crippen molar-refractivity contribution in [3.8, 4) is 0 Å². The number of carbonyl (C=O) groups is 2. The number of thioether (sulfide) groups is 1. The predicted octanol–water partition coefficient (Wildman–Crippen LogP) is 4.30. The van der Waals surface area contributed by atoms with E-state index in [0.29, 0.717) is 19.5 Å². The molecule has 2 amide bonds. The monoisotopic (exact) mass is 412 g/mol. The summed E-state index contributed by atoms with van der Waals surface area (Å²) in [5.74, 6) is 1.61. The van der Waals surface area contributed by atoms with Crippen molar-refractivity contribution in [2.45, 2.75) is 44.9 Å². The van der Waals surface area contributed by atoms with Crippen LogP contribution in [-0.4, -0.2) is 41.6 Å². The van der Waals surface area contributed by atoms with Crippen molar-refractivity contribution in [2.75, 3.05) is 18.8 Å². The smallest absolute Gasteiger partial charge is 0.242 e. The molecule has 2 rings (SSSR count). The largest absolute Gasteiger partial charge is 0.354 e. The Morgan fingerprint density at radius 1 is 1.00 bits per heavy atom. The molecule has 0 saturated heterocycles. The van der Waals surface area contributed by atoms with E-state index < -0.39 is 6.04 Å². The summed E-state index contributed by atoms with van der Waals surface area (Å²) in [5.41, 5.74) is 2.43. The standard InChI is InChI=1S/C24H32N2O2S/c1-3-16-25-24(28)20(2)26(17-14-21-10-6-4-7-11-21)23(27)15-18-29-19-22-12-8-5-9-13-22/h4-13,20H,3,14-19H2,1-2H3,(H,25,28)/t20-/m1/s1. The van der Waals surface area contributed by atoms with Gasteiger partial charge in [-0.05, 0) is 30.9 Å². The van der Waals surface area contributed by atoms with Gasteiger partial charge in [-0.25, -0.2) is 0 Å². The highest BCUT2D eigenvalue weighted by molar-refractivity contribution is 7.98. The van der Waals surface area contributed by atoms with E-state index >= 15 is 0 Å². The predicted molar refractivity (Wildman–Crippen MR) is 122 cm³/mol. The zero-order valence-corrected chi connectivity index (χ0v) is 18.3. The molecular weight excluding hydrogens is 380 g/mol. The van der Waals surface area contributed by atoms with Gasteiger partial charge in [-0.1, -0.05) is 67.6 Å². The van der Waals surface area contributed by atoms with Crippen LogP contribution in [0.1, 0.15) is 37.8 Å². The van der Waals surface area contributed by atoms with Crippen LogP contribution in [0, 0.1) is 0 Å². The van der Waals surface area contributed by atoms with Crippen LogP contribution in [0.4, 0.5) is 0 Å². The maximum atomic E-state index is 12.9. The molecule has 156 valence electrons. The molecule has 0 fully saturated rings. The molecule has 1 atom stereocenters. The molecule has 2 aromatic carbocycles. The van der Waals surface area contributed by atoms with E-state index in [4.69, 9.17) is 0 Å². The van der Waals surface area contributed by atoms with Gasteiger partial charge >= 0.3 is 0 Å². The number of hydrogen-bond donors (Lipinski definition) is 1. The second-order valence-corrected chi connectivity index (χ2v) is 8.18. The molecule has 0 aliphatic rings. The third kappa shape index (κ3) is 8.32. The van der Waals surface area contributed by atoms with E-state index in [1.165, 1.54) is 11.1 Å². The third-order valence-electron chi connectivity index (χ3n) is 4.77. The lowest BCUT2D eigenvalue weighted by molar-refractivity contribution is -0.139. The minimum absolute atomic E-state index is 0.0423. The van der Waals surface area contributed by atoms with Gasteiger partial charge < -0.3 is 10.2 Å². The van der Waals surface area contributed by atoms with Crippen LogP contribution in [0.2, 0.25) is 0 Å². The van der Waals surface area contributed by atoms with Gasteiger partial charge in [0.2, 0.25) is 11.8 Å². The van der Waals surface area contributed by atoms with Crippen molar-refractivity contribution in [3.05, 3.63) is 71.8 Å². The van der Waals surface area contributed by atoms with Gasteiger partial charge in [0, 0.05) is 31.0 Å². The molecule has 0 radical (unpaired) electrons. The Hall–Kier alpha value is -2.27. The van der Waals surface area contributed by atoms with E-state index in [-0.39, 0.29) is 11.8 Å². The molecule has 0 aliphatic heterocycles. The first-order valence-corrected chi connectivity index (χ1v) is 11.5. The number of benzene rings is 2. The molecule has 29 heavy (non-hydrogen) atoms. The Morgan fingerprint density at radius 2 is 1.62 bits per heavy atom. The number of nitrogens with one attached hydrogen (secondary N) is 1. The zero-order chi connectivity index (χ0) is 20.9. The molecule has 2 aromatic rings. The Morgan fingerprint density at radius 3 is 2.24 bits per heavy atom. The van der Waals surface area contributed by atoms with Crippen LogP contribution in [-0.2, 0) is 21.8 Å². The lowest BCUT2D eigenvalue weighted by Gasteiger charge is -2.29. The van der Waals surface area contributed by atoms with Crippen LogP contribution in [0.5, 0.6) is 0 Å². The maximum absolute atomic E-state index is 12.9. The summed E-state index contributed by atoms with van der Waals surface area (Å²) >= 11 is 1.75. The molecule has 0 bridgehead atoms. The van der Waals surface area contributed by atoms with Crippen LogP contribution >= 0.6 is 11.8 Å². The highest BCUT2D eigenvalue weighted by atomic mass is 32.2. The fourth-order valence-corrected chi connectivity index (χ4v) is 3.92. The molecule has 0 aromatic heterocycles. The quantitative estimate of drug-likeness (QED) is 0.529. The summed E-state index contributed by atoms with van der Waals surface area (Å²) in [4.78, 5) is 27.1. The third-order valence-corrected chi connectivity index (χ3v) is 5.80. The van der Waals surface area contributed by atoms with Crippen molar-refractivity contribution in [3.63, 3.8) is 0 Å². The molecule has 1 N–H and O–H groups in total. The van der Waals surface area contributed by atoms with Gasteiger partial charge in [-0.15, -0.1) is 0 Å². The molecule has 0 spiro atoms. The summed E-state index contributed by atoms with van der Waals surface area (Å²) < 4.78 is 0. The summed E-state index contributed by atoms with van der Waals surface area (Å²) in [7, 11) is 0. The number of nitrogens with zero attached hydrogens (tertiary/aromatic N) is 1. The van der Waals surface area contributed by atoms with Crippen molar-refractivity contribution in [1.29, 1.82) is 0 Å². The first-order chi connectivity index (χ1) is 14.1. The molecular formula is C24H32N2O2S. The normalized spacial score (nSPS) is 11.7. The Bertz CT molecular complexity index is 737. The lowest BCUT2D eigenvalue weighted by Crippen LogP contribution is -2.49. The number of hydrogen-bond acceptors (Lipinski definition) is 3. The second-order valence-electron chi connectivity index (χ2n) is 7.08. The minimum atomic E-state index is -0.461. The minimum Gasteiger partial charge on any atom is -0.354 e. The van der Waals surface area contributed by atoms with Gasteiger partial charge in [-0.3, -0.25) is 9.59 Å². The van der Waals surface area contributed by atoms with Crippen molar-refractivity contribution < 1.29 is 9.59 Å². The average molecular weight is 413 g/mol. The summed E-state index contributed by atoms with van der Waals surface area (Å²) in [5, 5.41) is 2.92. The number of carbonyl (C=O) groups excluding carboxylic acids is 2. The van der Waals surface area contributed by atoms with E-state index in [1.54, 1.807) is 16.7 Å². The van der Waals surface area contributed by atoms with Crippen LogP contribution < -0.4 is 5.32 Å². The van der Waals surface area contributed by atoms with E-state index in [2.05, 4.69) is 29.6 Å². The SMILES string of the molecule is CCCNC(=O)[C@@H](C)N(CCc1ccccc1)C(=O)CCSCc1ccccc1. The molecule has 4 nitrogen and oxygen atoms in total. The summed E-state index contributed by atoms with van der Waals surface area (Å²) in [6.45, 7) is 5.03. The Kier molecular flexibility index (Phi) is 10.4. The number of rotatable bonds is 12. The molecule has 0 unspecified atom stereocenters. The Labute approximate surface area is 179 Å². The second kappa shape index (κ2) is 13.0. The topological polar surface area (TPSA) is 49.4 Å². The van der Waals surface area contributed by atoms with Gasteiger partial charge in [0.15, 0.2) is 0 Å². The zero-order valence-electron chi connectivity index (χ0n) is 17.5. The van der Waals surface area contributed by atoms with Crippen LogP contribution in [0.25, 0.3) is 0 Å². The van der Waals surface area contributed by atoms with Crippen molar-refractivity contribution in [1.82, 2.24) is 10.2 Å². The number of amides is 2. The maximum Gasteiger partial charge on any atom is 0.242 e. The van der Waals surface area contributed by atoms with Gasteiger partial charge in [-0.2, -0.15) is 11.8 Å². The average Bonchev–Trinajstić information content (AvgIpc) is 2.76. The lowest BCUT2D eigenvalue weighted by atomic mass is 10.1. The van der Waals surface area contributed by atoms with Crippen molar-refractivity contribution in [2.24, 2.45) is 0 Å². The van der Waals surface area contributed by atoms with Crippen LogP contribution in [0.15, 0.2) is 60.7 Å². The first kappa shape index (κ1) is 23.0. The Balaban J connectivity index is 1.90. The summed E-state index contributed by atoms with van der Waals surface area (Å²) in [6, 6.07) is 19.9. The molecule has 0 aliphatic carbocycles. The van der Waals surface area contributed by atoms with Crippen molar-refractivity contribution >= 4 is 23.6 Å². The van der Waals surface area contributed by atoms with E-state index in [9.17, 15) is 9.59 Å². The van der Waals surface area contributed by atoms with Gasteiger partial charge in [0.25, 0.3) is 0 Å².